The average molecular weight is 284 g/mol. The van der Waals surface area contributed by atoms with E-state index in [-0.39, 0.29) is 0 Å². The van der Waals surface area contributed by atoms with E-state index in [0.717, 1.165) is 36.1 Å². The number of hydrogen-bond donors (Lipinski definition) is 2. The highest BCUT2D eigenvalue weighted by Gasteiger charge is 2.21. The first kappa shape index (κ1) is 13.5. The zero-order valence-electron chi connectivity index (χ0n) is 11.7. The molecule has 3 rings (SSSR count). The Labute approximate surface area is 122 Å². The standard InChI is InChI=1S/C15H16N4O2/c1-10-18-15(21-19-10)13-8-4-6-11-5-2-3-7-12(11)14(13)16-9-17-20/h2-3,5,7,9,20H,4,6,8H2,1H3,(H,16,17). The van der Waals surface area contributed by atoms with E-state index in [4.69, 9.17) is 9.73 Å². The van der Waals surface area contributed by atoms with Gasteiger partial charge in [0, 0.05) is 11.1 Å². The number of benzene rings is 1. The lowest BCUT2D eigenvalue weighted by Crippen LogP contribution is -2.03. The molecular weight excluding hydrogens is 268 g/mol. The van der Waals surface area contributed by atoms with Crippen molar-refractivity contribution in [2.45, 2.75) is 26.2 Å². The molecule has 0 saturated heterocycles. The van der Waals surface area contributed by atoms with Crippen molar-refractivity contribution >= 4 is 17.6 Å². The second-order valence-electron chi connectivity index (χ2n) is 4.87. The Hall–Kier alpha value is -2.47. The van der Waals surface area contributed by atoms with Crippen molar-refractivity contribution < 1.29 is 9.73 Å². The maximum Gasteiger partial charge on any atom is 0.256 e. The van der Waals surface area contributed by atoms with E-state index in [0.29, 0.717) is 11.7 Å². The van der Waals surface area contributed by atoms with Crippen molar-refractivity contribution in [3.63, 3.8) is 0 Å². The molecule has 108 valence electrons. The fourth-order valence-corrected chi connectivity index (χ4v) is 2.57. The van der Waals surface area contributed by atoms with Crippen LogP contribution in [0.3, 0.4) is 0 Å². The fourth-order valence-electron chi connectivity index (χ4n) is 2.57. The Morgan fingerprint density at radius 1 is 1.33 bits per heavy atom. The molecule has 2 N–H and O–H groups in total. The minimum absolute atomic E-state index is 0.495. The van der Waals surface area contributed by atoms with Gasteiger partial charge < -0.3 is 4.52 Å². The molecule has 0 atom stereocenters. The Balaban J connectivity index is 2.19. The predicted molar refractivity (Wildman–Crippen MR) is 78.6 cm³/mol. The Morgan fingerprint density at radius 2 is 2.19 bits per heavy atom. The van der Waals surface area contributed by atoms with Crippen LogP contribution in [-0.2, 0) is 6.42 Å². The second kappa shape index (κ2) is 5.88. The van der Waals surface area contributed by atoms with Gasteiger partial charge in [-0.3, -0.25) is 10.7 Å². The van der Waals surface area contributed by atoms with Crippen molar-refractivity contribution in [1.82, 2.24) is 15.6 Å². The van der Waals surface area contributed by atoms with Crippen LogP contribution in [0.25, 0.3) is 11.3 Å². The van der Waals surface area contributed by atoms with Gasteiger partial charge in [0.05, 0.1) is 5.70 Å². The van der Waals surface area contributed by atoms with E-state index < -0.39 is 0 Å². The van der Waals surface area contributed by atoms with Gasteiger partial charge in [0.25, 0.3) is 5.89 Å². The topological polar surface area (TPSA) is 83.5 Å². The number of aromatic nitrogens is 2. The molecule has 0 spiro atoms. The average Bonchev–Trinajstić information content (AvgIpc) is 2.84. The summed E-state index contributed by atoms with van der Waals surface area (Å²) in [6.07, 6.45) is 4.01. The second-order valence-corrected chi connectivity index (χ2v) is 4.87. The summed E-state index contributed by atoms with van der Waals surface area (Å²) in [4.78, 5) is 8.65. The fraction of sp³-hybridized carbons (Fsp3) is 0.267. The van der Waals surface area contributed by atoms with E-state index in [1.807, 2.05) is 23.7 Å². The summed E-state index contributed by atoms with van der Waals surface area (Å²) in [6, 6.07) is 8.11. The first-order chi connectivity index (χ1) is 10.3. The largest absolute Gasteiger partial charge is 0.334 e. The molecule has 0 aliphatic heterocycles. The summed E-state index contributed by atoms with van der Waals surface area (Å²) in [5.74, 6) is 1.09. The first-order valence-corrected chi connectivity index (χ1v) is 6.84. The molecule has 2 aromatic rings. The van der Waals surface area contributed by atoms with Crippen LogP contribution < -0.4 is 5.48 Å². The van der Waals surface area contributed by atoms with E-state index in [1.54, 1.807) is 6.92 Å². The van der Waals surface area contributed by atoms with Crippen LogP contribution in [0.5, 0.6) is 0 Å². The lowest BCUT2D eigenvalue weighted by molar-refractivity contribution is 0.240. The van der Waals surface area contributed by atoms with E-state index in [9.17, 15) is 0 Å². The van der Waals surface area contributed by atoms with Crippen LogP contribution in [0.2, 0.25) is 0 Å². The number of nitrogens with one attached hydrogen (secondary N) is 1. The Kier molecular flexibility index (Phi) is 3.79. The molecule has 6 nitrogen and oxygen atoms in total. The van der Waals surface area contributed by atoms with Gasteiger partial charge in [-0.15, -0.1) is 0 Å². The van der Waals surface area contributed by atoms with Crippen molar-refractivity contribution in [2.75, 3.05) is 0 Å². The lowest BCUT2D eigenvalue weighted by atomic mass is 10.0. The molecule has 1 aromatic carbocycles. The SMILES string of the molecule is Cc1noc(C2=C(N=CNO)c3ccccc3CCC2)n1. The Bertz CT molecular complexity index is 703. The molecule has 0 fully saturated rings. The maximum atomic E-state index is 8.80. The number of aryl methyl sites for hydroxylation is 2. The van der Waals surface area contributed by atoms with Gasteiger partial charge in [-0.05, 0) is 31.7 Å². The normalized spacial score (nSPS) is 15.1. The number of hydrogen-bond acceptors (Lipinski definition) is 5. The number of hydroxylamine groups is 1. The molecular formula is C15H16N4O2. The highest BCUT2D eigenvalue weighted by molar-refractivity contribution is 5.92. The molecule has 0 amide bonds. The van der Waals surface area contributed by atoms with Gasteiger partial charge in [-0.25, -0.2) is 4.99 Å². The summed E-state index contributed by atoms with van der Waals surface area (Å²) in [5.41, 5.74) is 5.88. The highest BCUT2D eigenvalue weighted by atomic mass is 16.5. The molecule has 1 heterocycles. The third-order valence-electron chi connectivity index (χ3n) is 3.47. The molecule has 0 radical (unpaired) electrons. The number of aliphatic imine (C=N–C) groups is 1. The van der Waals surface area contributed by atoms with Crippen LogP contribution >= 0.6 is 0 Å². The van der Waals surface area contributed by atoms with Crippen LogP contribution in [0.1, 0.15) is 35.7 Å². The molecule has 0 saturated carbocycles. The number of allylic oxidation sites excluding steroid dienone is 1. The molecule has 1 aliphatic carbocycles. The van der Waals surface area contributed by atoms with E-state index in [1.165, 1.54) is 11.9 Å². The molecule has 1 aliphatic rings. The molecule has 1 aromatic heterocycles. The minimum atomic E-state index is 0.495. The van der Waals surface area contributed by atoms with Gasteiger partial charge in [0.15, 0.2) is 5.82 Å². The zero-order chi connectivity index (χ0) is 14.7. The van der Waals surface area contributed by atoms with Gasteiger partial charge in [-0.2, -0.15) is 4.98 Å². The molecule has 0 bridgehead atoms. The van der Waals surface area contributed by atoms with Gasteiger partial charge in [0.2, 0.25) is 0 Å². The molecule has 6 heteroatoms. The van der Waals surface area contributed by atoms with E-state index in [2.05, 4.69) is 21.2 Å². The monoisotopic (exact) mass is 284 g/mol. The predicted octanol–water partition coefficient (Wildman–Crippen LogP) is 2.59. The smallest absolute Gasteiger partial charge is 0.256 e. The highest BCUT2D eigenvalue weighted by Crippen LogP contribution is 2.35. The van der Waals surface area contributed by atoms with Gasteiger partial charge in [-0.1, -0.05) is 29.4 Å². The van der Waals surface area contributed by atoms with Crippen molar-refractivity contribution in [1.29, 1.82) is 0 Å². The third-order valence-corrected chi connectivity index (χ3v) is 3.47. The minimum Gasteiger partial charge on any atom is -0.334 e. The number of fused-ring (bicyclic) bond motifs is 1. The quantitative estimate of drug-likeness (QED) is 0.514. The van der Waals surface area contributed by atoms with Crippen LogP contribution in [0, 0.1) is 6.92 Å². The number of rotatable bonds is 3. The maximum absolute atomic E-state index is 8.80. The summed E-state index contributed by atoms with van der Waals surface area (Å²) in [7, 11) is 0. The van der Waals surface area contributed by atoms with Crippen molar-refractivity contribution in [3.8, 4) is 0 Å². The summed E-state index contributed by atoms with van der Waals surface area (Å²) in [5, 5.41) is 12.7. The summed E-state index contributed by atoms with van der Waals surface area (Å²) < 4.78 is 5.31. The summed E-state index contributed by atoms with van der Waals surface area (Å²) in [6.45, 7) is 1.79. The number of nitrogens with zero attached hydrogens (tertiary/aromatic N) is 3. The zero-order valence-corrected chi connectivity index (χ0v) is 11.7. The Morgan fingerprint density at radius 3 is 2.95 bits per heavy atom. The van der Waals surface area contributed by atoms with Crippen LogP contribution in [-0.4, -0.2) is 21.7 Å². The third kappa shape index (κ3) is 2.71. The van der Waals surface area contributed by atoms with Crippen LogP contribution in [0.15, 0.2) is 33.8 Å². The lowest BCUT2D eigenvalue weighted by Gasteiger charge is -2.08. The summed E-state index contributed by atoms with van der Waals surface area (Å²) >= 11 is 0. The first-order valence-electron chi connectivity index (χ1n) is 6.84. The van der Waals surface area contributed by atoms with Crippen LogP contribution in [0.4, 0.5) is 0 Å². The molecule has 0 unspecified atom stereocenters. The van der Waals surface area contributed by atoms with E-state index >= 15 is 0 Å². The van der Waals surface area contributed by atoms with Gasteiger partial charge >= 0.3 is 0 Å². The molecule has 21 heavy (non-hydrogen) atoms. The van der Waals surface area contributed by atoms with Gasteiger partial charge in [0.1, 0.15) is 6.34 Å². The van der Waals surface area contributed by atoms with Crippen molar-refractivity contribution in [2.24, 2.45) is 4.99 Å². The van der Waals surface area contributed by atoms with Crippen molar-refractivity contribution in [3.05, 3.63) is 47.1 Å².